The summed E-state index contributed by atoms with van der Waals surface area (Å²) in [6.45, 7) is 0.492. The van der Waals surface area contributed by atoms with Crippen molar-refractivity contribution in [2.24, 2.45) is 11.7 Å². The molecule has 0 saturated heterocycles. The highest BCUT2D eigenvalue weighted by atomic mass is 16.5. The van der Waals surface area contributed by atoms with Crippen LogP contribution in [0.3, 0.4) is 0 Å². The number of hydrogen-bond donors (Lipinski definition) is 1. The van der Waals surface area contributed by atoms with Crippen LogP contribution in [0.25, 0.3) is 0 Å². The van der Waals surface area contributed by atoms with Crippen LogP contribution in [0.2, 0.25) is 0 Å². The Balaban J connectivity index is 1.42. The first-order valence-corrected chi connectivity index (χ1v) is 8.01. The van der Waals surface area contributed by atoms with E-state index in [1.807, 2.05) is 0 Å². The molecule has 0 aromatic carbocycles. The van der Waals surface area contributed by atoms with Crippen molar-refractivity contribution in [2.45, 2.75) is 69.9 Å². The Morgan fingerprint density at radius 1 is 1.20 bits per heavy atom. The minimum atomic E-state index is -0.264. The van der Waals surface area contributed by atoms with E-state index in [0.29, 0.717) is 18.5 Å². The van der Waals surface area contributed by atoms with E-state index in [0.717, 1.165) is 37.5 Å². The minimum absolute atomic E-state index is 0.264. The van der Waals surface area contributed by atoms with Gasteiger partial charge in [0.25, 0.3) is 0 Å². The maximum absolute atomic E-state index is 6.04. The van der Waals surface area contributed by atoms with Crippen molar-refractivity contribution in [3.05, 3.63) is 11.7 Å². The molecule has 2 N–H and O–H groups in total. The molecule has 5 nitrogen and oxygen atoms in total. The van der Waals surface area contributed by atoms with Crippen LogP contribution >= 0.6 is 0 Å². The van der Waals surface area contributed by atoms with Crippen molar-refractivity contribution in [3.8, 4) is 0 Å². The quantitative estimate of drug-likeness (QED) is 0.830. The number of nitrogens with zero attached hydrogens (tertiary/aromatic N) is 2. The lowest BCUT2D eigenvalue weighted by Crippen LogP contribution is -2.27. The summed E-state index contributed by atoms with van der Waals surface area (Å²) in [4.78, 5) is 4.41. The third kappa shape index (κ3) is 3.58. The molecule has 0 radical (unpaired) electrons. The summed E-state index contributed by atoms with van der Waals surface area (Å²) in [5.74, 6) is 2.16. The Kier molecular flexibility index (Phi) is 4.68. The van der Waals surface area contributed by atoms with Crippen molar-refractivity contribution in [1.29, 1.82) is 0 Å². The molecule has 1 aromatic heterocycles. The Bertz CT molecular complexity index is 411. The van der Waals surface area contributed by atoms with Crippen molar-refractivity contribution in [1.82, 2.24) is 10.1 Å². The van der Waals surface area contributed by atoms with Crippen molar-refractivity contribution in [2.75, 3.05) is 6.61 Å². The molecule has 0 spiro atoms. The summed E-state index contributed by atoms with van der Waals surface area (Å²) in [5.41, 5.74) is 6.04. The minimum Gasteiger partial charge on any atom is -0.376 e. The van der Waals surface area contributed by atoms with Gasteiger partial charge in [0.15, 0.2) is 5.82 Å². The number of nitrogens with two attached hydrogens (primary N) is 1. The van der Waals surface area contributed by atoms with Crippen LogP contribution in [0, 0.1) is 5.92 Å². The van der Waals surface area contributed by atoms with Gasteiger partial charge in [-0.05, 0) is 31.6 Å². The predicted molar refractivity (Wildman–Crippen MR) is 75.1 cm³/mol. The summed E-state index contributed by atoms with van der Waals surface area (Å²) in [5, 5.41) is 3.99. The maximum Gasteiger partial charge on any atom is 0.226 e. The number of aromatic nitrogens is 2. The third-order valence-corrected chi connectivity index (χ3v) is 4.62. The molecule has 5 heteroatoms. The fourth-order valence-electron chi connectivity index (χ4n) is 3.00. The average Bonchev–Trinajstić information content (AvgIpc) is 3.06. The van der Waals surface area contributed by atoms with Gasteiger partial charge < -0.3 is 15.0 Å². The molecule has 3 rings (SSSR count). The van der Waals surface area contributed by atoms with Crippen LogP contribution in [0.1, 0.15) is 69.1 Å². The first kappa shape index (κ1) is 14.0. The van der Waals surface area contributed by atoms with Crippen LogP contribution in [-0.4, -0.2) is 22.9 Å². The van der Waals surface area contributed by atoms with E-state index >= 15 is 0 Å². The molecule has 2 aliphatic carbocycles. The van der Waals surface area contributed by atoms with Crippen LogP contribution in [-0.2, 0) is 11.2 Å². The third-order valence-electron chi connectivity index (χ3n) is 4.62. The van der Waals surface area contributed by atoms with Gasteiger partial charge in [-0.1, -0.05) is 30.8 Å². The highest BCUT2D eigenvalue weighted by Gasteiger charge is 2.22. The summed E-state index contributed by atoms with van der Waals surface area (Å²) < 4.78 is 11.0. The lowest BCUT2D eigenvalue weighted by Gasteiger charge is -2.26. The van der Waals surface area contributed by atoms with Gasteiger partial charge in [-0.2, -0.15) is 4.98 Å². The Morgan fingerprint density at radius 2 is 2.00 bits per heavy atom. The smallest absolute Gasteiger partial charge is 0.226 e. The molecule has 1 heterocycles. The monoisotopic (exact) mass is 279 g/mol. The zero-order chi connectivity index (χ0) is 13.8. The first-order chi connectivity index (χ1) is 9.81. The van der Waals surface area contributed by atoms with E-state index in [2.05, 4.69) is 10.1 Å². The van der Waals surface area contributed by atoms with Gasteiger partial charge in [0.1, 0.15) is 0 Å². The second kappa shape index (κ2) is 6.68. The van der Waals surface area contributed by atoms with Crippen LogP contribution in [0.15, 0.2) is 4.52 Å². The molecule has 0 aliphatic heterocycles. The van der Waals surface area contributed by atoms with Gasteiger partial charge in [-0.15, -0.1) is 0 Å². The summed E-state index contributed by atoms with van der Waals surface area (Å²) >= 11 is 0. The van der Waals surface area contributed by atoms with Gasteiger partial charge in [-0.3, -0.25) is 0 Å². The normalized spacial score (nSPS) is 22.1. The lowest BCUT2D eigenvalue weighted by atomic mass is 9.96. The number of rotatable bonds is 7. The van der Waals surface area contributed by atoms with Crippen molar-refractivity contribution in [3.63, 3.8) is 0 Å². The second-order valence-electron chi connectivity index (χ2n) is 6.23. The van der Waals surface area contributed by atoms with Crippen molar-refractivity contribution < 1.29 is 9.26 Å². The fraction of sp³-hybridized carbons (Fsp3) is 0.867. The molecule has 1 unspecified atom stereocenters. The van der Waals surface area contributed by atoms with Gasteiger partial charge in [-0.25, -0.2) is 0 Å². The molecular formula is C15H25N3O2. The first-order valence-electron chi connectivity index (χ1n) is 8.01. The van der Waals surface area contributed by atoms with Gasteiger partial charge in [0.05, 0.1) is 18.8 Å². The molecule has 1 aromatic rings. The van der Waals surface area contributed by atoms with E-state index in [-0.39, 0.29) is 6.04 Å². The fourth-order valence-corrected chi connectivity index (χ4v) is 3.00. The zero-order valence-electron chi connectivity index (χ0n) is 12.1. The summed E-state index contributed by atoms with van der Waals surface area (Å²) in [6, 6.07) is -0.264. The highest BCUT2D eigenvalue weighted by Crippen LogP contribution is 2.28. The van der Waals surface area contributed by atoms with Crippen molar-refractivity contribution >= 4 is 0 Å². The SMILES string of the molecule is NC(COC1CCC1)c1noc(CCC2CCCC2)n1. The molecular weight excluding hydrogens is 254 g/mol. The summed E-state index contributed by atoms with van der Waals surface area (Å²) in [7, 11) is 0. The van der Waals surface area contributed by atoms with E-state index in [9.17, 15) is 0 Å². The average molecular weight is 279 g/mol. The maximum atomic E-state index is 6.04. The van der Waals surface area contributed by atoms with Crippen LogP contribution in [0.5, 0.6) is 0 Å². The van der Waals surface area contributed by atoms with Crippen LogP contribution < -0.4 is 5.73 Å². The molecule has 0 amide bonds. The zero-order valence-corrected chi connectivity index (χ0v) is 12.1. The van der Waals surface area contributed by atoms with E-state index in [1.54, 1.807) is 0 Å². The van der Waals surface area contributed by atoms with E-state index in [1.165, 1.54) is 32.1 Å². The van der Waals surface area contributed by atoms with E-state index < -0.39 is 0 Å². The molecule has 1 atom stereocenters. The molecule has 0 bridgehead atoms. The molecule has 2 fully saturated rings. The molecule has 2 aliphatic rings. The van der Waals surface area contributed by atoms with E-state index in [4.69, 9.17) is 15.0 Å². The molecule has 20 heavy (non-hydrogen) atoms. The number of aryl methyl sites for hydroxylation is 1. The van der Waals surface area contributed by atoms with Gasteiger partial charge in [0, 0.05) is 6.42 Å². The lowest BCUT2D eigenvalue weighted by molar-refractivity contribution is -0.00549. The second-order valence-corrected chi connectivity index (χ2v) is 6.23. The number of hydrogen-bond acceptors (Lipinski definition) is 5. The Morgan fingerprint density at radius 3 is 2.70 bits per heavy atom. The van der Waals surface area contributed by atoms with Crippen LogP contribution in [0.4, 0.5) is 0 Å². The van der Waals surface area contributed by atoms with Gasteiger partial charge in [0.2, 0.25) is 5.89 Å². The highest BCUT2D eigenvalue weighted by molar-refractivity contribution is 4.93. The summed E-state index contributed by atoms with van der Waals surface area (Å²) in [6.07, 6.45) is 11.5. The Labute approximate surface area is 120 Å². The van der Waals surface area contributed by atoms with Gasteiger partial charge >= 0.3 is 0 Å². The largest absolute Gasteiger partial charge is 0.376 e. The standard InChI is InChI=1S/C15H25N3O2/c16-13(10-19-12-6-3-7-12)15-17-14(20-18-15)9-8-11-4-1-2-5-11/h11-13H,1-10,16H2. The molecule has 112 valence electrons. The number of ether oxygens (including phenoxy) is 1. The molecule has 2 saturated carbocycles. The Hall–Kier alpha value is -0.940. The predicted octanol–water partition coefficient (Wildman–Crippen LogP) is 2.76. The topological polar surface area (TPSA) is 74.2 Å².